The van der Waals surface area contributed by atoms with E-state index in [9.17, 15) is 9.90 Å². The molecular weight excluding hydrogens is 324 g/mol. The number of rotatable bonds is 6. The van der Waals surface area contributed by atoms with Gasteiger partial charge in [0.1, 0.15) is 0 Å². The van der Waals surface area contributed by atoms with Gasteiger partial charge in [-0.05, 0) is 22.1 Å². The Hall–Kier alpha value is -2.17. The van der Waals surface area contributed by atoms with Crippen LogP contribution in [0, 0.1) is 5.92 Å². The summed E-state index contributed by atoms with van der Waals surface area (Å²) >= 11 is 0. The Labute approximate surface area is 156 Å². The van der Waals surface area contributed by atoms with Gasteiger partial charge in [-0.3, -0.25) is 4.79 Å². The van der Waals surface area contributed by atoms with E-state index in [1.54, 1.807) is 6.92 Å². The quantitative estimate of drug-likeness (QED) is 0.743. The topological polar surface area (TPSA) is 75.3 Å². The predicted molar refractivity (Wildman–Crippen MR) is 106 cm³/mol. The molecule has 140 valence electrons. The molecule has 3 atom stereocenters. The van der Waals surface area contributed by atoms with Crippen molar-refractivity contribution in [3.8, 4) is 0 Å². The van der Waals surface area contributed by atoms with Crippen molar-refractivity contribution in [2.75, 3.05) is 6.54 Å². The molecule has 2 aromatic carbocycles. The summed E-state index contributed by atoms with van der Waals surface area (Å²) in [4.78, 5) is 12.4. The molecule has 4 nitrogen and oxygen atoms in total. The molecule has 0 heterocycles. The van der Waals surface area contributed by atoms with E-state index in [0.717, 1.165) is 11.1 Å². The van der Waals surface area contributed by atoms with Crippen molar-refractivity contribution in [3.63, 3.8) is 0 Å². The Kier molecular flexibility index (Phi) is 6.57. The molecule has 0 aromatic heterocycles. The fourth-order valence-corrected chi connectivity index (χ4v) is 2.81. The number of carbonyl (C=O) groups excluding carboxylic acids is 1. The molecule has 0 aliphatic carbocycles. The van der Waals surface area contributed by atoms with E-state index >= 15 is 0 Å². The summed E-state index contributed by atoms with van der Waals surface area (Å²) in [5, 5.41) is 13.2. The molecule has 0 saturated carbocycles. The van der Waals surface area contributed by atoms with Crippen LogP contribution in [0.1, 0.15) is 56.5 Å². The normalized spacial score (nSPS) is 15.2. The minimum atomic E-state index is -0.742. The molecule has 0 bridgehead atoms. The second-order valence-electron chi connectivity index (χ2n) is 7.86. The molecule has 0 fully saturated rings. The summed E-state index contributed by atoms with van der Waals surface area (Å²) in [6.45, 7) is 8.42. The van der Waals surface area contributed by atoms with Gasteiger partial charge in [0.05, 0.1) is 12.0 Å². The molecule has 0 aliphatic rings. The van der Waals surface area contributed by atoms with Gasteiger partial charge in [0.2, 0.25) is 5.91 Å². The van der Waals surface area contributed by atoms with Gasteiger partial charge in [-0.25, -0.2) is 0 Å². The van der Waals surface area contributed by atoms with Crippen LogP contribution in [0.4, 0.5) is 0 Å². The van der Waals surface area contributed by atoms with Gasteiger partial charge in [-0.2, -0.15) is 0 Å². The van der Waals surface area contributed by atoms with Crippen LogP contribution >= 0.6 is 0 Å². The molecule has 4 N–H and O–H groups in total. The van der Waals surface area contributed by atoms with Gasteiger partial charge in [-0.1, -0.05) is 82.3 Å². The maximum atomic E-state index is 12.4. The zero-order valence-corrected chi connectivity index (χ0v) is 16.1. The lowest BCUT2D eigenvalue weighted by Gasteiger charge is -2.22. The maximum absolute atomic E-state index is 12.4. The second kappa shape index (κ2) is 8.47. The summed E-state index contributed by atoms with van der Waals surface area (Å²) in [7, 11) is 0. The van der Waals surface area contributed by atoms with E-state index in [1.807, 2.05) is 54.6 Å². The Morgan fingerprint density at radius 3 is 2.15 bits per heavy atom. The van der Waals surface area contributed by atoms with Crippen LogP contribution in [-0.2, 0) is 10.2 Å². The molecule has 0 radical (unpaired) electrons. The number of nitrogens with two attached hydrogens (primary N) is 1. The SMILES string of the molecule is CC(C(=O)NCC(O)c1ccc(C(C)(C)C)cc1)C(N)c1ccccc1. The number of benzene rings is 2. The monoisotopic (exact) mass is 354 g/mol. The Bertz CT molecular complexity index is 705. The zero-order valence-electron chi connectivity index (χ0n) is 16.1. The number of hydrogen-bond donors (Lipinski definition) is 3. The fraction of sp³-hybridized carbons (Fsp3) is 0.409. The fourth-order valence-electron chi connectivity index (χ4n) is 2.81. The lowest BCUT2D eigenvalue weighted by molar-refractivity contribution is -0.125. The minimum Gasteiger partial charge on any atom is -0.387 e. The van der Waals surface area contributed by atoms with Gasteiger partial charge < -0.3 is 16.2 Å². The van der Waals surface area contributed by atoms with E-state index in [2.05, 4.69) is 26.1 Å². The molecule has 0 aliphatic heterocycles. The van der Waals surface area contributed by atoms with Crippen molar-refractivity contribution in [1.29, 1.82) is 0 Å². The van der Waals surface area contributed by atoms with E-state index in [0.29, 0.717) is 0 Å². The average Bonchev–Trinajstić information content (AvgIpc) is 2.64. The highest BCUT2D eigenvalue weighted by atomic mass is 16.3. The molecule has 26 heavy (non-hydrogen) atoms. The molecule has 2 rings (SSSR count). The van der Waals surface area contributed by atoms with Gasteiger partial charge in [0.25, 0.3) is 0 Å². The van der Waals surface area contributed by atoms with E-state index in [-0.39, 0.29) is 29.8 Å². The Balaban J connectivity index is 1.92. The van der Waals surface area contributed by atoms with Crippen molar-refractivity contribution >= 4 is 5.91 Å². The third-order valence-corrected chi connectivity index (χ3v) is 4.77. The van der Waals surface area contributed by atoms with Crippen molar-refractivity contribution in [2.45, 2.75) is 45.3 Å². The van der Waals surface area contributed by atoms with Crippen LogP contribution in [0.3, 0.4) is 0 Å². The summed E-state index contributed by atoms with van der Waals surface area (Å²) in [6.07, 6.45) is -0.742. The number of nitrogens with one attached hydrogen (secondary N) is 1. The van der Waals surface area contributed by atoms with E-state index in [4.69, 9.17) is 5.73 Å². The highest BCUT2D eigenvalue weighted by Crippen LogP contribution is 2.24. The molecule has 4 heteroatoms. The number of amides is 1. The van der Waals surface area contributed by atoms with Gasteiger partial charge in [0.15, 0.2) is 0 Å². The van der Waals surface area contributed by atoms with E-state index < -0.39 is 6.10 Å². The first kappa shape index (κ1) is 20.1. The van der Waals surface area contributed by atoms with Crippen molar-refractivity contribution in [3.05, 3.63) is 71.3 Å². The molecule has 0 saturated heterocycles. The lowest BCUT2D eigenvalue weighted by atomic mass is 9.86. The number of aliphatic hydroxyl groups excluding tert-OH is 1. The minimum absolute atomic E-state index is 0.0701. The predicted octanol–water partition coefficient (Wildman–Crippen LogP) is 3.47. The van der Waals surface area contributed by atoms with Crippen molar-refractivity contribution in [1.82, 2.24) is 5.32 Å². The Morgan fingerprint density at radius 1 is 1.04 bits per heavy atom. The molecule has 3 unspecified atom stereocenters. The first-order valence-electron chi connectivity index (χ1n) is 9.07. The second-order valence-corrected chi connectivity index (χ2v) is 7.86. The van der Waals surface area contributed by atoms with Crippen LogP contribution in [-0.4, -0.2) is 17.6 Å². The first-order chi connectivity index (χ1) is 12.2. The average molecular weight is 354 g/mol. The molecule has 1 amide bonds. The third-order valence-electron chi connectivity index (χ3n) is 4.77. The Morgan fingerprint density at radius 2 is 1.62 bits per heavy atom. The van der Waals surface area contributed by atoms with Crippen molar-refractivity contribution in [2.24, 2.45) is 11.7 Å². The molecule has 2 aromatic rings. The van der Waals surface area contributed by atoms with Crippen LogP contribution < -0.4 is 11.1 Å². The summed E-state index contributed by atoms with van der Waals surface area (Å²) in [6, 6.07) is 17.1. The smallest absolute Gasteiger partial charge is 0.224 e. The zero-order chi connectivity index (χ0) is 19.3. The van der Waals surface area contributed by atoms with Crippen molar-refractivity contribution < 1.29 is 9.90 Å². The highest BCUT2D eigenvalue weighted by molar-refractivity contribution is 5.79. The van der Waals surface area contributed by atoms with Crippen LogP contribution in [0.5, 0.6) is 0 Å². The van der Waals surface area contributed by atoms with Gasteiger partial charge in [0, 0.05) is 12.6 Å². The number of aliphatic hydroxyl groups is 1. The molecular formula is C22H30N2O2. The lowest BCUT2D eigenvalue weighted by Crippen LogP contribution is -2.37. The maximum Gasteiger partial charge on any atom is 0.224 e. The standard InChI is InChI=1S/C22H30N2O2/c1-15(20(23)17-8-6-5-7-9-17)21(26)24-14-19(25)16-10-12-18(13-11-16)22(2,3)4/h5-13,15,19-20,25H,14,23H2,1-4H3,(H,24,26). The van der Waals surface area contributed by atoms with Gasteiger partial charge >= 0.3 is 0 Å². The first-order valence-corrected chi connectivity index (χ1v) is 9.07. The largest absolute Gasteiger partial charge is 0.387 e. The summed E-state index contributed by atoms with van der Waals surface area (Å²) in [5.41, 5.74) is 9.18. The molecule has 0 spiro atoms. The van der Waals surface area contributed by atoms with Crippen LogP contribution in [0.25, 0.3) is 0 Å². The van der Waals surface area contributed by atoms with Crippen LogP contribution in [0.2, 0.25) is 0 Å². The number of hydrogen-bond acceptors (Lipinski definition) is 3. The van der Waals surface area contributed by atoms with Crippen LogP contribution in [0.15, 0.2) is 54.6 Å². The summed E-state index contributed by atoms with van der Waals surface area (Å²) in [5.74, 6) is -0.542. The number of carbonyl (C=O) groups is 1. The van der Waals surface area contributed by atoms with E-state index in [1.165, 1.54) is 5.56 Å². The highest BCUT2D eigenvalue weighted by Gasteiger charge is 2.22. The third kappa shape index (κ3) is 5.16. The van der Waals surface area contributed by atoms with Gasteiger partial charge in [-0.15, -0.1) is 0 Å². The summed E-state index contributed by atoms with van der Waals surface area (Å²) < 4.78 is 0.